The van der Waals surface area contributed by atoms with Crippen LogP contribution in [0.2, 0.25) is 0 Å². The Hall–Kier alpha value is -2.29. The third kappa shape index (κ3) is 3.58. The van der Waals surface area contributed by atoms with Crippen LogP contribution < -0.4 is 10.6 Å². The Morgan fingerprint density at radius 1 is 1.42 bits per heavy atom. The highest BCUT2D eigenvalue weighted by Crippen LogP contribution is 2.05. The van der Waals surface area contributed by atoms with Crippen LogP contribution in [0, 0.1) is 0 Å². The Kier molecular flexibility index (Phi) is 4.56. The van der Waals surface area contributed by atoms with Crippen LogP contribution >= 0.6 is 0 Å². The van der Waals surface area contributed by atoms with E-state index >= 15 is 0 Å². The van der Waals surface area contributed by atoms with E-state index in [-0.39, 0.29) is 5.91 Å². The highest BCUT2D eigenvalue weighted by molar-refractivity contribution is 5.76. The van der Waals surface area contributed by atoms with Crippen LogP contribution in [0.25, 0.3) is 5.65 Å². The van der Waals surface area contributed by atoms with E-state index in [0.717, 1.165) is 0 Å². The summed E-state index contributed by atoms with van der Waals surface area (Å²) in [4.78, 5) is 15.5. The Morgan fingerprint density at radius 2 is 2.32 bits per heavy atom. The van der Waals surface area contributed by atoms with Gasteiger partial charge in [0.1, 0.15) is 5.82 Å². The van der Waals surface area contributed by atoms with Gasteiger partial charge >= 0.3 is 0 Å². The van der Waals surface area contributed by atoms with Gasteiger partial charge in [0, 0.05) is 26.6 Å². The monoisotopic (exact) mass is 265 g/mol. The standard InChI is InChI=1S/C10H15N7O2/c1-19-5-4-13-10(18)2-3-12-8-6-11-7-9-14-15-16-17(8)9/h6-7,12H,2-5H2,1H3,(H,13,18). The molecule has 0 bridgehead atoms. The first-order valence-corrected chi connectivity index (χ1v) is 5.83. The molecule has 19 heavy (non-hydrogen) atoms. The van der Waals surface area contributed by atoms with Gasteiger partial charge in [-0.1, -0.05) is 0 Å². The van der Waals surface area contributed by atoms with E-state index in [1.807, 2.05) is 0 Å². The minimum atomic E-state index is -0.0404. The first-order chi connectivity index (χ1) is 9.31. The summed E-state index contributed by atoms with van der Waals surface area (Å²) in [7, 11) is 1.59. The third-order valence-corrected chi connectivity index (χ3v) is 2.40. The van der Waals surface area contributed by atoms with Crippen molar-refractivity contribution in [2.75, 3.05) is 32.1 Å². The minimum Gasteiger partial charge on any atom is -0.383 e. The lowest BCUT2D eigenvalue weighted by Gasteiger charge is -2.07. The molecule has 2 aromatic heterocycles. The van der Waals surface area contributed by atoms with Crippen LogP contribution in [0.15, 0.2) is 12.4 Å². The third-order valence-electron chi connectivity index (χ3n) is 2.40. The van der Waals surface area contributed by atoms with Gasteiger partial charge in [0.15, 0.2) is 5.65 Å². The van der Waals surface area contributed by atoms with Crippen molar-refractivity contribution in [2.24, 2.45) is 0 Å². The second-order valence-electron chi connectivity index (χ2n) is 3.76. The molecule has 0 aliphatic carbocycles. The molecule has 0 aliphatic rings. The number of anilines is 1. The van der Waals surface area contributed by atoms with Crippen LogP contribution in [0.1, 0.15) is 6.42 Å². The maximum absolute atomic E-state index is 11.5. The summed E-state index contributed by atoms with van der Waals surface area (Å²) in [5.74, 6) is 0.605. The van der Waals surface area contributed by atoms with Crippen molar-refractivity contribution >= 4 is 17.4 Å². The molecule has 0 saturated heterocycles. The van der Waals surface area contributed by atoms with E-state index in [0.29, 0.717) is 37.6 Å². The van der Waals surface area contributed by atoms with Gasteiger partial charge in [-0.05, 0) is 10.4 Å². The molecule has 102 valence electrons. The number of carbonyl (C=O) groups is 1. The second kappa shape index (κ2) is 6.59. The lowest BCUT2D eigenvalue weighted by molar-refractivity contribution is -0.121. The number of carbonyl (C=O) groups excluding carboxylic acids is 1. The zero-order valence-corrected chi connectivity index (χ0v) is 10.5. The van der Waals surface area contributed by atoms with Crippen LogP contribution in [0.3, 0.4) is 0 Å². The maximum Gasteiger partial charge on any atom is 0.221 e. The molecule has 0 atom stereocenters. The van der Waals surface area contributed by atoms with Gasteiger partial charge < -0.3 is 15.4 Å². The number of fused-ring (bicyclic) bond motifs is 1. The van der Waals surface area contributed by atoms with Crippen molar-refractivity contribution in [3.8, 4) is 0 Å². The fourth-order valence-corrected chi connectivity index (χ4v) is 1.48. The Labute approximate surface area is 109 Å². The normalized spacial score (nSPS) is 10.6. The van der Waals surface area contributed by atoms with Gasteiger partial charge in [-0.15, -0.1) is 5.10 Å². The SMILES string of the molecule is COCCNC(=O)CCNc1cncc2nnnn12. The van der Waals surface area contributed by atoms with Gasteiger partial charge in [0.2, 0.25) is 5.91 Å². The van der Waals surface area contributed by atoms with Crippen molar-refractivity contribution < 1.29 is 9.53 Å². The van der Waals surface area contributed by atoms with Crippen molar-refractivity contribution in [3.63, 3.8) is 0 Å². The molecule has 9 heteroatoms. The summed E-state index contributed by atoms with van der Waals surface area (Å²) >= 11 is 0. The van der Waals surface area contributed by atoms with E-state index in [9.17, 15) is 4.79 Å². The van der Waals surface area contributed by atoms with Crippen LogP contribution in [-0.2, 0) is 9.53 Å². The molecule has 2 aromatic rings. The summed E-state index contributed by atoms with van der Waals surface area (Å²) in [5.41, 5.74) is 0.551. The van der Waals surface area contributed by atoms with Gasteiger partial charge in [0.25, 0.3) is 0 Å². The molecule has 0 aliphatic heterocycles. The second-order valence-corrected chi connectivity index (χ2v) is 3.76. The Morgan fingerprint density at radius 3 is 3.16 bits per heavy atom. The summed E-state index contributed by atoms with van der Waals surface area (Å²) < 4.78 is 6.36. The zero-order valence-electron chi connectivity index (χ0n) is 10.5. The average molecular weight is 265 g/mol. The van der Waals surface area contributed by atoms with E-state index in [1.165, 1.54) is 4.52 Å². The van der Waals surface area contributed by atoms with Crippen molar-refractivity contribution in [2.45, 2.75) is 6.42 Å². The molecule has 1 amide bonds. The number of methoxy groups -OCH3 is 1. The number of nitrogens with one attached hydrogen (secondary N) is 2. The van der Waals surface area contributed by atoms with E-state index in [2.05, 4.69) is 31.1 Å². The number of aromatic nitrogens is 5. The lowest BCUT2D eigenvalue weighted by atomic mass is 10.4. The lowest BCUT2D eigenvalue weighted by Crippen LogP contribution is -2.28. The molecule has 0 aromatic carbocycles. The van der Waals surface area contributed by atoms with Crippen LogP contribution in [0.4, 0.5) is 5.82 Å². The molecule has 9 nitrogen and oxygen atoms in total. The number of ether oxygens (including phenoxy) is 1. The van der Waals surface area contributed by atoms with Crippen LogP contribution in [0.5, 0.6) is 0 Å². The average Bonchev–Trinajstić information content (AvgIpc) is 2.88. The van der Waals surface area contributed by atoms with Gasteiger partial charge in [-0.25, -0.2) is 0 Å². The molecule has 2 rings (SSSR count). The van der Waals surface area contributed by atoms with Gasteiger partial charge in [0.05, 0.1) is 19.0 Å². The van der Waals surface area contributed by atoms with Crippen molar-refractivity contribution in [1.82, 2.24) is 30.3 Å². The number of hydrogen-bond donors (Lipinski definition) is 2. The zero-order chi connectivity index (χ0) is 13.5. The smallest absolute Gasteiger partial charge is 0.221 e. The fourth-order valence-electron chi connectivity index (χ4n) is 1.48. The molecule has 0 saturated carbocycles. The first kappa shape index (κ1) is 13.1. The summed E-state index contributed by atoms with van der Waals surface area (Å²) in [5, 5.41) is 16.9. The van der Waals surface area contributed by atoms with E-state index < -0.39 is 0 Å². The summed E-state index contributed by atoms with van der Waals surface area (Å²) in [6.07, 6.45) is 3.51. The molecule has 0 fully saturated rings. The maximum atomic E-state index is 11.5. The quantitative estimate of drug-likeness (QED) is 0.624. The number of amides is 1. The molecule has 2 heterocycles. The van der Waals surface area contributed by atoms with Crippen molar-refractivity contribution in [1.29, 1.82) is 0 Å². The first-order valence-electron chi connectivity index (χ1n) is 5.83. The summed E-state index contributed by atoms with van der Waals surface area (Å²) in [6, 6.07) is 0. The van der Waals surface area contributed by atoms with E-state index in [4.69, 9.17) is 4.74 Å². The van der Waals surface area contributed by atoms with Crippen LogP contribution in [-0.4, -0.2) is 57.7 Å². The predicted molar refractivity (Wildman–Crippen MR) is 66.6 cm³/mol. The van der Waals surface area contributed by atoms with E-state index in [1.54, 1.807) is 19.5 Å². The number of tetrazole rings is 1. The summed E-state index contributed by atoms with van der Waals surface area (Å²) in [6.45, 7) is 1.49. The number of nitrogens with zero attached hydrogens (tertiary/aromatic N) is 5. The largest absolute Gasteiger partial charge is 0.383 e. The number of hydrogen-bond acceptors (Lipinski definition) is 7. The van der Waals surface area contributed by atoms with Crippen molar-refractivity contribution in [3.05, 3.63) is 12.4 Å². The topological polar surface area (TPSA) is 106 Å². The molecular weight excluding hydrogens is 250 g/mol. The predicted octanol–water partition coefficient (Wildman–Crippen LogP) is -0.916. The van der Waals surface area contributed by atoms with Gasteiger partial charge in [-0.3, -0.25) is 9.78 Å². The Balaban J connectivity index is 1.79. The minimum absolute atomic E-state index is 0.0404. The highest BCUT2D eigenvalue weighted by Gasteiger charge is 2.04. The molecular formula is C10H15N7O2. The van der Waals surface area contributed by atoms with Gasteiger partial charge in [-0.2, -0.15) is 4.52 Å². The molecule has 0 radical (unpaired) electrons. The molecule has 0 unspecified atom stereocenters. The highest BCUT2D eigenvalue weighted by atomic mass is 16.5. The molecule has 0 spiro atoms. The molecule has 2 N–H and O–H groups in total. The number of rotatable bonds is 7. The Bertz CT molecular complexity index is 541. The fraction of sp³-hybridized carbons (Fsp3) is 0.500.